The minimum atomic E-state index is -1.06. The summed E-state index contributed by atoms with van der Waals surface area (Å²) < 4.78 is 19.9. The van der Waals surface area contributed by atoms with Crippen molar-refractivity contribution in [3.8, 4) is 5.75 Å². The number of halogens is 2. The Kier molecular flexibility index (Phi) is 5.81. The maximum atomic E-state index is 14.0. The first kappa shape index (κ1) is 20.1. The summed E-state index contributed by atoms with van der Waals surface area (Å²) in [4.78, 5) is 15.6. The molecule has 2 aromatic carbocycles. The van der Waals surface area contributed by atoms with Crippen molar-refractivity contribution in [2.45, 2.75) is 25.9 Å². The summed E-state index contributed by atoms with van der Waals surface area (Å²) in [7, 11) is 0. The molecule has 0 saturated carbocycles. The summed E-state index contributed by atoms with van der Waals surface area (Å²) in [6, 6.07) is 16.8. The SMILES string of the molecule is O=C(O)c1cccc(C2=C(c3cc(Cl)ccc3OCc3ccccc3F)CCC2)n1. The molecule has 0 unspecified atom stereocenters. The van der Waals surface area contributed by atoms with Crippen LogP contribution in [0.2, 0.25) is 5.02 Å². The van der Waals surface area contributed by atoms with Gasteiger partial charge in [-0.3, -0.25) is 0 Å². The number of aromatic carboxylic acids is 1. The number of hydrogen-bond acceptors (Lipinski definition) is 3. The van der Waals surface area contributed by atoms with Crippen LogP contribution in [0.1, 0.15) is 46.6 Å². The zero-order valence-electron chi connectivity index (χ0n) is 16.1. The van der Waals surface area contributed by atoms with Gasteiger partial charge in [0.25, 0.3) is 0 Å². The summed E-state index contributed by atoms with van der Waals surface area (Å²) in [6.07, 6.45) is 2.50. The average Bonchev–Trinajstić information content (AvgIpc) is 3.24. The van der Waals surface area contributed by atoms with Gasteiger partial charge in [0.2, 0.25) is 0 Å². The van der Waals surface area contributed by atoms with Gasteiger partial charge in [0, 0.05) is 16.1 Å². The standard InChI is InChI=1S/C24H19ClFNO3/c25-16-11-12-23(30-14-15-5-1-2-8-20(15)26)19(13-16)17-6-3-7-18(17)21-9-4-10-22(27-21)24(28)29/h1-2,4-5,8-13H,3,6-7,14H2,(H,28,29). The lowest BCUT2D eigenvalue weighted by Gasteiger charge is -2.15. The van der Waals surface area contributed by atoms with Crippen molar-refractivity contribution in [2.75, 3.05) is 0 Å². The van der Waals surface area contributed by atoms with E-state index in [1.54, 1.807) is 36.4 Å². The van der Waals surface area contributed by atoms with E-state index in [1.165, 1.54) is 12.1 Å². The highest BCUT2D eigenvalue weighted by Crippen LogP contribution is 2.43. The minimum Gasteiger partial charge on any atom is -0.488 e. The normalized spacial score (nSPS) is 13.5. The molecule has 0 bridgehead atoms. The maximum Gasteiger partial charge on any atom is 0.354 e. The van der Waals surface area contributed by atoms with Crippen LogP contribution in [0.15, 0.2) is 60.7 Å². The van der Waals surface area contributed by atoms with Gasteiger partial charge in [0.05, 0.1) is 5.69 Å². The second kappa shape index (κ2) is 8.67. The van der Waals surface area contributed by atoms with E-state index in [1.807, 2.05) is 12.1 Å². The average molecular weight is 424 g/mol. The number of pyridine rings is 1. The van der Waals surface area contributed by atoms with Gasteiger partial charge in [-0.1, -0.05) is 35.9 Å². The van der Waals surface area contributed by atoms with Crippen LogP contribution in [0.5, 0.6) is 5.75 Å². The molecule has 1 N–H and O–H groups in total. The van der Waals surface area contributed by atoms with Gasteiger partial charge in [-0.2, -0.15) is 0 Å². The molecule has 0 saturated heterocycles. The quantitative estimate of drug-likeness (QED) is 0.509. The molecule has 1 aliphatic rings. The Morgan fingerprint density at radius 3 is 2.67 bits per heavy atom. The zero-order chi connectivity index (χ0) is 21.1. The van der Waals surface area contributed by atoms with Gasteiger partial charge in [0.15, 0.2) is 0 Å². The van der Waals surface area contributed by atoms with Gasteiger partial charge >= 0.3 is 5.97 Å². The first-order valence-electron chi connectivity index (χ1n) is 9.62. The lowest BCUT2D eigenvalue weighted by molar-refractivity contribution is 0.0690. The van der Waals surface area contributed by atoms with Gasteiger partial charge in [0.1, 0.15) is 23.9 Å². The fourth-order valence-corrected chi connectivity index (χ4v) is 3.85. The molecule has 3 aromatic rings. The lowest BCUT2D eigenvalue weighted by atomic mass is 9.99. The highest BCUT2D eigenvalue weighted by molar-refractivity contribution is 6.30. The molecule has 4 rings (SSSR count). The van der Waals surface area contributed by atoms with E-state index in [0.29, 0.717) is 22.0 Å². The van der Waals surface area contributed by atoms with Crippen LogP contribution >= 0.6 is 11.6 Å². The second-order valence-electron chi connectivity index (χ2n) is 7.04. The Hall–Kier alpha value is -3.18. The number of ether oxygens (including phenoxy) is 1. The molecule has 1 aromatic heterocycles. The highest BCUT2D eigenvalue weighted by Gasteiger charge is 2.22. The second-order valence-corrected chi connectivity index (χ2v) is 7.48. The smallest absolute Gasteiger partial charge is 0.354 e. The molecule has 0 radical (unpaired) electrons. The molecule has 0 fully saturated rings. The number of aromatic nitrogens is 1. The summed E-state index contributed by atoms with van der Waals surface area (Å²) >= 11 is 6.27. The molecule has 0 aliphatic heterocycles. The zero-order valence-corrected chi connectivity index (χ0v) is 16.8. The summed E-state index contributed by atoms with van der Waals surface area (Å²) in [5.41, 5.74) is 3.95. The first-order valence-corrected chi connectivity index (χ1v) is 9.99. The monoisotopic (exact) mass is 423 g/mol. The van der Waals surface area contributed by atoms with Crippen LogP contribution in [0.4, 0.5) is 4.39 Å². The van der Waals surface area contributed by atoms with E-state index < -0.39 is 5.97 Å². The molecule has 0 amide bonds. The maximum absolute atomic E-state index is 14.0. The Balaban J connectivity index is 1.72. The van der Waals surface area contributed by atoms with Crippen LogP contribution in [0, 0.1) is 5.82 Å². The van der Waals surface area contributed by atoms with Gasteiger partial charge in [-0.25, -0.2) is 14.2 Å². The van der Waals surface area contributed by atoms with Crippen molar-refractivity contribution in [3.05, 3.63) is 94.0 Å². The van der Waals surface area contributed by atoms with Crippen molar-refractivity contribution in [1.82, 2.24) is 4.98 Å². The van der Waals surface area contributed by atoms with Gasteiger partial charge < -0.3 is 9.84 Å². The largest absolute Gasteiger partial charge is 0.488 e. The van der Waals surface area contributed by atoms with Crippen LogP contribution in [-0.4, -0.2) is 16.1 Å². The Morgan fingerprint density at radius 1 is 1.07 bits per heavy atom. The number of allylic oxidation sites excluding steroid dienone is 2. The first-order chi connectivity index (χ1) is 14.5. The number of nitrogens with zero attached hydrogens (tertiary/aromatic N) is 1. The Bertz CT molecular complexity index is 1140. The van der Waals surface area contributed by atoms with Crippen LogP contribution < -0.4 is 4.74 Å². The molecule has 30 heavy (non-hydrogen) atoms. The van der Waals surface area contributed by atoms with E-state index in [2.05, 4.69) is 4.98 Å². The van der Waals surface area contributed by atoms with Gasteiger partial charge in [-0.15, -0.1) is 0 Å². The minimum absolute atomic E-state index is 0.00775. The van der Waals surface area contributed by atoms with Crippen molar-refractivity contribution < 1.29 is 19.0 Å². The van der Waals surface area contributed by atoms with E-state index in [4.69, 9.17) is 16.3 Å². The molecular formula is C24H19ClFNO3. The highest BCUT2D eigenvalue weighted by atomic mass is 35.5. The number of carbonyl (C=O) groups is 1. The van der Waals surface area contributed by atoms with Crippen molar-refractivity contribution in [3.63, 3.8) is 0 Å². The van der Waals surface area contributed by atoms with Crippen LogP contribution in [0.3, 0.4) is 0 Å². The molecule has 1 aliphatic carbocycles. The Morgan fingerprint density at radius 2 is 1.87 bits per heavy atom. The molecule has 1 heterocycles. The molecule has 6 heteroatoms. The van der Waals surface area contributed by atoms with E-state index >= 15 is 0 Å². The summed E-state index contributed by atoms with van der Waals surface area (Å²) in [6.45, 7) is 0.0939. The van der Waals surface area contributed by atoms with E-state index in [0.717, 1.165) is 36.0 Å². The summed E-state index contributed by atoms with van der Waals surface area (Å²) in [5.74, 6) is -0.774. The van der Waals surface area contributed by atoms with Crippen LogP contribution in [0.25, 0.3) is 11.1 Å². The van der Waals surface area contributed by atoms with Crippen LogP contribution in [-0.2, 0) is 6.61 Å². The Labute approximate surface area is 178 Å². The number of benzene rings is 2. The predicted molar refractivity (Wildman–Crippen MR) is 114 cm³/mol. The number of rotatable bonds is 6. The molecular weight excluding hydrogens is 405 g/mol. The third-order valence-corrected chi connectivity index (χ3v) is 5.34. The van der Waals surface area contributed by atoms with Crippen molar-refractivity contribution >= 4 is 28.7 Å². The van der Waals surface area contributed by atoms with Gasteiger partial charge in [-0.05, 0) is 66.8 Å². The fourth-order valence-electron chi connectivity index (χ4n) is 3.68. The number of hydrogen-bond donors (Lipinski definition) is 1. The molecule has 0 atom stereocenters. The summed E-state index contributed by atoms with van der Waals surface area (Å²) in [5, 5.41) is 9.83. The lowest BCUT2D eigenvalue weighted by Crippen LogP contribution is -2.03. The molecule has 0 spiro atoms. The topological polar surface area (TPSA) is 59.4 Å². The van der Waals surface area contributed by atoms with Crippen molar-refractivity contribution in [1.29, 1.82) is 0 Å². The fraction of sp³-hybridized carbons (Fsp3) is 0.167. The predicted octanol–water partition coefficient (Wildman–Crippen LogP) is 6.25. The third-order valence-electron chi connectivity index (χ3n) is 5.10. The number of carboxylic acids is 1. The van der Waals surface area contributed by atoms with Crippen molar-refractivity contribution in [2.24, 2.45) is 0 Å². The van der Waals surface area contributed by atoms with E-state index in [9.17, 15) is 14.3 Å². The molecule has 4 nitrogen and oxygen atoms in total. The van der Waals surface area contributed by atoms with E-state index in [-0.39, 0.29) is 18.1 Å². The third kappa shape index (κ3) is 4.21. The number of carboxylic acid groups (broad SMARTS) is 1. The molecule has 152 valence electrons.